The van der Waals surface area contributed by atoms with E-state index in [2.05, 4.69) is 38.2 Å². The highest BCUT2D eigenvalue weighted by Gasteiger charge is 2.24. The zero-order valence-electron chi connectivity index (χ0n) is 19.0. The second-order valence-electron chi connectivity index (χ2n) is 8.65. The number of rotatable bonds is 4. The first-order valence-electron chi connectivity index (χ1n) is 11.6. The largest absolute Gasteiger partial charge is 0.352 e. The van der Waals surface area contributed by atoms with E-state index in [1.54, 1.807) is 17.2 Å². The van der Waals surface area contributed by atoms with Crippen LogP contribution in [0, 0.1) is 0 Å². The van der Waals surface area contributed by atoms with Gasteiger partial charge in [-0.3, -0.25) is 4.79 Å². The van der Waals surface area contributed by atoms with E-state index < -0.39 is 0 Å². The maximum atomic E-state index is 13.1. The molecule has 0 atom stereocenters. The van der Waals surface area contributed by atoms with Crippen LogP contribution >= 0.6 is 11.6 Å². The van der Waals surface area contributed by atoms with Gasteiger partial charge in [0, 0.05) is 31.2 Å². The van der Waals surface area contributed by atoms with Crippen LogP contribution in [0.5, 0.6) is 0 Å². The fourth-order valence-electron chi connectivity index (χ4n) is 4.77. The van der Waals surface area contributed by atoms with E-state index in [1.165, 1.54) is 0 Å². The molecule has 0 radical (unpaired) electrons. The molecule has 0 bridgehead atoms. The summed E-state index contributed by atoms with van der Waals surface area (Å²) in [5.74, 6) is 0.993. The Morgan fingerprint density at radius 1 is 0.886 bits per heavy atom. The Hall–Kier alpha value is -3.97. The van der Waals surface area contributed by atoms with E-state index in [4.69, 9.17) is 11.6 Å². The van der Waals surface area contributed by atoms with Gasteiger partial charge in [-0.1, -0.05) is 60.1 Å². The van der Waals surface area contributed by atoms with Gasteiger partial charge in [-0.15, -0.1) is 0 Å². The minimum atomic E-state index is 0.155. The van der Waals surface area contributed by atoms with Crippen LogP contribution in [0.3, 0.4) is 0 Å². The highest BCUT2D eigenvalue weighted by atomic mass is 35.5. The maximum Gasteiger partial charge on any atom is 0.227 e. The van der Waals surface area contributed by atoms with Gasteiger partial charge in [0.05, 0.1) is 23.7 Å². The van der Waals surface area contributed by atoms with Gasteiger partial charge in [-0.2, -0.15) is 5.10 Å². The molecule has 1 aliphatic heterocycles. The summed E-state index contributed by atoms with van der Waals surface area (Å²) < 4.78 is 1.77. The summed E-state index contributed by atoms with van der Waals surface area (Å²) in [7, 11) is 0. The number of anilines is 1. The van der Waals surface area contributed by atoms with Crippen molar-refractivity contribution in [1.29, 1.82) is 0 Å². The van der Waals surface area contributed by atoms with Gasteiger partial charge in [0.25, 0.3) is 0 Å². The lowest BCUT2D eigenvalue weighted by atomic mass is 10.0. The topological polar surface area (TPSA) is 67.2 Å². The summed E-state index contributed by atoms with van der Waals surface area (Å²) in [5, 5.41) is 8.36. The van der Waals surface area contributed by atoms with Gasteiger partial charge in [0.15, 0.2) is 5.65 Å². The van der Waals surface area contributed by atoms with Crippen molar-refractivity contribution in [3.8, 4) is 5.69 Å². The maximum absolute atomic E-state index is 13.1. The number of amides is 1. The van der Waals surface area contributed by atoms with Crippen molar-refractivity contribution in [1.82, 2.24) is 24.6 Å². The molecule has 1 saturated heterocycles. The van der Waals surface area contributed by atoms with E-state index in [1.807, 2.05) is 53.4 Å². The number of carbonyl (C=O) groups excluding carboxylic acids is 1. The van der Waals surface area contributed by atoms with Crippen LogP contribution in [0.25, 0.3) is 27.5 Å². The van der Waals surface area contributed by atoms with Crippen molar-refractivity contribution < 1.29 is 4.79 Å². The van der Waals surface area contributed by atoms with Crippen LogP contribution < -0.4 is 4.90 Å². The number of hydrogen-bond donors (Lipinski definition) is 0. The fraction of sp³-hybridized carbons (Fsp3) is 0.185. The molecule has 0 unspecified atom stereocenters. The summed E-state index contributed by atoms with van der Waals surface area (Å²) in [6, 6.07) is 21.9. The number of carbonyl (C=O) groups is 1. The van der Waals surface area contributed by atoms with Crippen LogP contribution in [0.15, 0.2) is 79.3 Å². The van der Waals surface area contributed by atoms with Crippen molar-refractivity contribution in [2.24, 2.45) is 0 Å². The van der Waals surface area contributed by atoms with Gasteiger partial charge in [-0.25, -0.2) is 14.6 Å². The van der Waals surface area contributed by atoms with Crippen LogP contribution in [-0.4, -0.2) is 56.7 Å². The second kappa shape index (κ2) is 9.00. The first-order chi connectivity index (χ1) is 17.2. The molecule has 174 valence electrons. The van der Waals surface area contributed by atoms with Crippen LogP contribution in [0.2, 0.25) is 5.02 Å². The molecule has 0 N–H and O–H groups in total. The Morgan fingerprint density at radius 2 is 1.69 bits per heavy atom. The predicted octanol–water partition coefficient (Wildman–Crippen LogP) is 4.51. The zero-order chi connectivity index (χ0) is 23.8. The number of piperazine rings is 1. The fourth-order valence-corrected chi connectivity index (χ4v) is 4.95. The molecule has 35 heavy (non-hydrogen) atoms. The molecule has 6 rings (SSSR count). The van der Waals surface area contributed by atoms with Gasteiger partial charge < -0.3 is 9.80 Å². The Kier molecular flexibility index (Phi) is 5.54. The Morgan fingerprint density at radius 3 is 2.54 bits per heavy atom. The number of hydrogen-bond acceptors (Lipinski definition) is 5. The lowest BCUT2D eigenvalue weighted by Gasteiger charge is -2.35. The molecule has 8 heteroatoms. The Balaban J connectivity index is 1.18. The lowest BCUT2D eigenvalue weighted by Crippen LogP contribution is -2.49. The molecule has 0 spiro atoms. The monoisotopic (exact) mass is 482 g/mol. The lowest BCUT2D eigenvalue weighted by molar-refractivity contribution is -0.130. The zero-order valence-corrected chi connectivity index (χ0v) is 19.8. The summed E-state index contributed by atoms with van der Waals surface area (Å²) in [5.41, 5.74) is 2.65. The smallest absolute Gasteiger partial charge is 0.227 e. The molecule has 3 aromatic carbocycles. The first-order valence-corrected chi connectivity index (χ1v) is 12.0. The standard InChI is InChI=1S/C27H23ClN6O/c28-21-8-4-9-22(16-21)34-27-24(17-31-34)26(29-18-30-27)33-13-11-32(12-14-33)25(35)15-20-7-3-6-19-5-1-2-10-23(19)20/h1-10,16-18H,11-15H2. The minimum Gasteiger partial charge on any atom is -0.352 e. The molecule has 1 fully saturated rings. The third-order valence-corrected chi connectivity index (χ3v) is 6.79. The molecule has 1 amide bonds. The third kappa shape index (κ3) is 4.08. The van der Waals surface area contributed by atoms with Gasteiger partial charge in [0.1, 0.15) is 12.1 Å². The summed E-state index contributed by atoms with van der Waals surface area (Å²) in [4.78, 5) is 26.3. The average molecular weight is 483 g/mol. The number of aromatic nitrogens is 4. The van der Waals surface area contributed by atoms with E-state index in [0.717, 1.165) is 38.9 Å². The highest BCUT2D eigenvalue weighted by Crippen LogP contribution is 2.27. The molecule has 0 aliphatic carbocycles. The van der Waals surface area contributed by atoms with Crippen LogP contribution in [0.1, 0.15) is 5.56 Å². The van der Waals surface area contributed by atoms with Gasteiger partial charge >= 0.3 is 0 Å². The normalized spacial score (nSPS) is 14.1. The van der Waals surface area contributed by atoms with E-state index in [0.29, 0.717) is 37.6 Å². The van der Waals surface area contributed by atoms with Crippen LogP contribution in [-0.2, 0) is 11.2 Å². The van der Waals surface area contributed by atoms with Gasteiger partial charge in [-0.05, 0) is 34.5 Å². The predicted molar refractivity (Wildman–Crippen MR) is 138 cm³/mol. The number of halogens is 1. The SMILES string of the molecule is O=C(Cc1cccc2ccccc12)N1CCN(c2ncnc3c2cnn3-c2cccc(Cl)c2)CC1. The van der Waals surface area contributed by atoms with Gasteiger partial charge in [0.2, 0.25) is 5.91 Å². The van der Waals surface area contributed by atoms with E-state index in [9.17, 15) is 4.79 Å². The van der Waals surface area contributed by atoms with Crippen molar-refractivity contribution >= 4 is 45.1 Å². The Labute approximate surface area is 207 Å². The molecular weight excluding hydrogens is 460 g/mol. The molecule has 5 aromatic rings. The molecule has 2 aromatic heterocycles. The van der Waals surface area contributed by atoms with Crippen molar-refractivity contribution in [3.05, 3.63) is 89.8 Å². The summed E-state index contributed by atoms with van der Waals surface area (Å²) in [6.07, 6.45) is 3.77. The average Bonchev–Trinajstić information content (AvgIpc) is 3.33. The minimum absolute atomic E-state index is 0.155. The molecular formula is C27H23ClN6O. The highest BCUT2D eigenvalue weighted by molar-refractivity contribution is 6.30. The number of nitrogens with zero attached hydrogens (tertiary/aromatic N) is 6. The van der Waals surface area contributed by atoms with Crippen molar-refractivity contribution in [2.45, 2.75) is 6.42 Å². The van der Waals surface area contributed by atoms with Crippen LogP contribution in [0.4, 0.5) is 5.82 Å². The molecule has 1 aliphatic rings. The number of benzene rings is 3. The first kappa shape index (κ1) is 21.6. The van der Waals surface area contributed by atoms with Crippen molar-refractivity contribution in [2.75, 3.05) is 31.1 Å². The molecule has 0 saturated carbocycles. The quantitative estimate of drug-likeness (QED) is 0.377. The van der Waals surface area contributed by atoms with Crippen molar-refractivity contribution in [3.63, 3.8) is 0 Å². The molecule has 3 heterocycles. The number of fused-ring (bicyclic) bond motifs is 2. The summed E-state index contributed by atoms with van der Waals surface area (Å²) >= 11 is 6.17. The molecule has 7 nitrogen and oxygen atoms in total. The van der Waals surface area contributed by atoms with E-state index in [-0.39, 0.29) is 5.91 Å². The third-order valence-electron chi connectivity index (χ3n) is 6.55. The second-order valence-corrected chi connectivity index (χ2v) is 9.09. The Bertz CT molecular complexity index is 1530. The summed E-state index contributed by atoms with van der Waals surface area (Å²) in [6.45, 7) is 2.71. The van der Waals surface area contributed by atoms with E-state index >= 15 is 0 Å².